The van der Waals surface area contributed by atoms with Gasteiger partial charge in [0.25, 0.3) is 0 Å². The molecule has 2 aromatic rings. The molecule has 0 aliphatic heterocycles. The Morgan fingerprint density at radius 2 is 2.16 bits per heavy atom. The second-order valence-corrected chi connectivity index (χ2v) is 5.96. The molecule has 0 radical (unpaired) electrons. The van der Waals surface area contributed by atoms with Crippen LogP contribution < -0.4 is 5.73 Å². The zero-order valence-electron chi connectivity index (χ0n) is 11.8. The van der Waals surface area contributed by atoms with Crippen molar-refractivity contribution in [3.05, 3.63) is 35.0 Å². The van der Waals surface area contributed by atoms with Crippen LogP contribution in [0, 0.1) is 6.92 Å². The zero-order valence-corrected chi connectivity index (χ0v) is 11.8. The van der Waals surface area contributed by atoms with E-state index < -0.39 is 5.41 Å². The smallest absolute Gasteiger partial charge is 0.229 e. The molecular formula is C16H20N2O. The highest BCUT2D eigenvalue weighted by molar-refractivity contribution is 5.93. The Labute approximate surface area is 113 Å². The normalized spacial score (nSPS) is 22.5. The maximum Gasteiger partial charge on any atom is 0.229 e. The number of fused-ring (bicyclic) bond motifs is 3. The number of aryl methyl sites for hydroxylation is 3. The molecule has 100 valence electrons. The van der Waals surface area contributed by atoms with E-state index in [0.717, 1.165) is 25.0 Å². The van der Waals surface area contributed by atoms with E-state index in [1.54, 1.807) is 0 Å². The summed E-state index contributed by atoms with van der Waals surface area (Å²) in [5, 5.41) is 1.28. The first-order valence-electron chi connectivity index (χ1n) is 6.83. The monoisotopic (exact) mass is 256 g/mol. The molecule has 1 amide bonds. The van der Waals surface area contributed by atoms with E-state index in [0.29, 0.717) is 0 Å². The second-order valence-electron chi connectivity index (χ2n) is 5.96. The van der Waals surface area contributed by atoms with Crippen molar-refractivity contribution in [1.82, 2.24) is 4.57 Å². The maximum absolute atomic E-state index is 11.9. The number of carbonyl (C=O) groups is 1. The van der Waals surface area contributed by atoms with Crippen LogP contribution in [0.15, 0.2) is 18.2 Å². The molecule has 0 saturated carbocycles. The first kappa shape index (κ1) is 12.3. The Hall–Kier alpha value is -1.77. The molecule has 1 aliphatic rings. The predicted molar refractivity (Wildman–Crippen MR) is 77.1 cm³/mol. The van der Waals surface area contributed by atoms with Gasteiger partial charge in [-0.1, -0.05) is 11.6 Å². The Kier molecular flexibility index (Phi) is 2.49. The number of amides is 1. The van der Waals surface area contributed by atoms with Crippen molar-refractivity contribution >= 4 is 16.8 Å². The summed E-state index contributed by atoms with van der Waals surface area (Å²) in [6.45, 7) is 4.09. The highest BCUT2D eigenvalue weighted by Gasteiger charge is 2.40. The highest BCUT2D eigenvalue weighted by Crippen LogP contribution is 2.41. The first-order valence-corrected chi connectivity index (χ1v) is 6.83. The summed E-state index contributed by atoms with van der Waals surface area (Å²) >= 11 is 0. The summed E-state index contributed by atoms with van der Waals surface area (Å²) in [5.74, 6) is -0.212. The van der Waals surface area contributed by atoms with E-state index in [4.69, 9.17) is 5.73 Å². The molecular weight excluding hydrogens is 236 g/mol. The van der Waals surface area contributed by atoms with Gasteiger partial charge in [0.15, 0.2) is 0 Å². The fourth-order valence-electron chi connectivity index (χ4n) is 3.57. The average molecular weight is 256 g/mol. The van der Waals surface area contributed by atoms with Gasteiger partial charge in [-0.25, -0.2) is 0 Å². The number of carbonyl (C=O) groups excluding carboxylic acids is 1. The molecule has 2 N–H and O–H groups in total. The molecule has 0 spiro atoms. The van der Waals surface area contributed by atoms with Crippen LogP contribution in [0.2, 0.25) is 0 Å². The summed E-state index contributed by atoms with van der Waals surface area (Å²) in [7, 11) is 2.04. The van der Waals surface area contributed by atoms with Crippen molar-refractivity contribution in [3.8, 4) is 0 Å². The van der Waals surface area contributed by atoms with Crippen LogP contribution in [-0.2, 0) is 23.7 Å². The summed E-state index contributed by atoms with van der Waals surface area (Å²) < 4.78 is 2.16. The predicted octanol–water partition coefficient (Wildman–Crippen LogP) is 2.57. The van der Waals surface area contributed by atoms with Crippen LogP contribution >= 0.6 is 0 Å². The molecule has 0 bridgehead atoms. The van der Waals surface area contributed by atoms with Crippen molar-refractivity contribution in [3.63, 3.8) is 0 Å². The molecule has 0 fully saturated rings. The number of benzene rings is 1. The van der Waals surface area contributed by atoms with Gasteiger partial charge in [-0.05, 0) is 50.8 Å². The quantitative estimate of drug-likeness (QED) is 0.837. The molecule has 3 rings (SSSR count). The van der Waals surface area contributed by atoms with Crippen molar-refractivity contribution in [2.45, 2.75) is 38.5 Å². The number of aromatic nitrogens is 1. The molecule has 1 aromatic carbocycles. The van der Waals surface area contributed by atoms with E-state index in [2.05, 4.69) is 29.7 Å². The van der Waals surface area contributed by atoms with Crippen molar-refractivity contribution in [2.75, 3.05) is 0 Å². The molecule has 0 saturated heterocycles. The summed E-state index contributed by atoms with van der Waals surface area (Å²) in [6, 6.07) is 6.49. The third kappa shape index (κ3) is 1.54. The van der Waals surface area contributed by atoms with Gasteiger partial charge in [0.1, 0.15) is 0 Å². The Morgan fingerprint density at radius 3 is 2.84 bits per heavy atom. The minimum absolute atomic E-state index is 0.212. The number of hydrogen-bond donors (Lipinski definition) is 1. The third-order valence-electron chi connectivity index (χ3n) is 4.63. The molecule has 1 atom stereocenters. The second kappa shape index (κ2) is 3.86. The van der Waals surface area contributed by atoms with Crippen molar-refractivity contribution in [2.24, 2.45) is 12.8 Å². The van der Waals surface area contributed by atoms with Crippen molar-refractivity contribution < 1.29 is 4.79 Å². The summed E-state index contributed by atoms with van der Waals surface area (Å²) in [6.07, 6.45) is 2.91. The number of nitrogens with zero attached hydrogens (tertiary/aromatic N) is 1. The molecule has 1 aromatic heterocycles. The summed E-state index contributed by atoms with van der Waals surface area (Å²) in [4.78, 5) is 11.9. The Bertz CT molecular complexity index is 684. The fourth-order valence-corrected chi connectivity index (χ4v) is 3.57. The highest BCUT2D eigenvalue weighted by atomic mass is 16.1. The van der Waals surface area contributed by atoms with E-state index in [-0.39, 0.29) is 5.91 Å². The van der Waals surface area contributed by atoms with Gasteiger partial charge in [0.05, 0.1) is 5.41 Å². The molecule has 1 heterocycles. The molecule has 1 unspecified atom stereocenters. The minimum atomic E-state index is -0.532. The number of hydrogen-bond acceptors (Lipinski definition) is 1. The number of rotatable bonds is 1. The minimum Gasteiger partial charge on any atom is -0.369 e. The zero-order chi connectivity index (χ0) is 13.8. The lowest BCUT2D eigenvalue weighted by Crippen LogP contribution is -2.42. The van der Waals surface area contributed by atoms with Gasteiger partial charge in [0.2, 0.25) is 5.91 Å². The van der Waals surface area contributed by atoms with Crippen LogP contribution in [0.3, 0.4) is 0 Å². The lowest BCUT2D eigenvalue weighted by atomic mass is 9.74. The van der Waals surface area contributed by atoms with Crippen LogP contribution in [0.1, 0.15) is 36.6 Å². The van der Waals surface area contributed by atoms with E-state index >= 15 is 0 Å². The lowest BCUT2D eigenvalue weighted by molar-refractivity contribution is -0.123. The van der Waals surface area contributed by atoms with Crippen LogP contribution in [0.5, 0.6) is 0 Å². The maximum atomic E-state index is 11.9. The Morgan fingerprint density at radius 1 is 1.42 bits per heavy atom. The van der Waals surface area contributed by atoms with Gasteiger partial charge in [-0.2, -0.15) is 0 Å². The van der Waals surface area contributed by atoms with Gasteiger partial charge < -0.3 is 10.3 Å². The SMILES string of the molecule is Cc1ccc2c(c1)c1c(n2C)C(C)(C(N)=O)CCC1. The fraction of sp³-hybridized carbons (Fsp3) is 0.438. The first-order chi connectivity index (χ1) is 8.95. The van der Waals surface area contributed by atoms with Gasteiger partial charge in [-0.15, -0.1) is 0 Å². The summed E-state index contributed by atoms with van der Waals surface area (Å²) in [5.41, 5.74) is 10.0. The largest absolute Gasteiger partial charge is 0.369 e. The molecule has 1 aliphatic carbocycles. The van der Waals surface area contributed by atoms with E-state index in [9.17, 15) is 4.79 Å². The van der Waals surface area contributed by atoms with E-state index in [1.165, 1.54) is 22.0 Å². The number of nitrogens with two attached hydrogens (primary N) is 1. The van der Waals surface area contributed by atoms with Gasteiger partial charge in [-0.3, -0.25) is 4.79 Å². The third-order valence-corrected chi connectivity index (χ3v) is 4.63. The van der Waals surface area contributed by atoms with Gasteiger partial charge in [0, 0.05) is 23.6 Å². The van der Waals surface area contributed by atoms with Crippen molar-refractivity contribution in [1.29, 1.82) is 0 Å². The van der Waals surface area contributed by atoms with Crippen LogP contribution in [0.4, 0.5) is 0 Å². The molecule has 3 heteroatoms. The van der Waals surface area contributed by atoms with Crippen LogP contribution in [-0.4, -0.2) is 10.5 Å². The topological polar surface area (TPSA) is 48.0 Å². The van der Waals surface area contributed by atoms with E-state index in [1.807, 2.05) is 14.0 Å². The lowest BCUT2D eigenvalue weighted by Gasteiger charge is -2.32. The van der Waals surface area contributed by atoms with Crippen LogP contribution in [0.25, 0.3) is 10.9 Å². The number of primary amides is 1. The average Bonchev–Trinajstić information content (AvgIpc) is 2.64. The van der Waals surface area contributed by atoms with Gasteiger partial charge >= 0.3 is 0 Å². The Balaban J connectivity index is 2.40. The molecule has 19 heavy (non-hydrogen) atoms. The molecule has 3 nitrogen and oxygen atoms in total. The standard InChI is InChI=1S/C16H20N2O/c1-10-6-7-13-12(9-10)11-5-4-8-16(2,15(17)19)14(11)18(13)3/h6-7,9H,4-5,8H2,1-3H3,(H2,17,19).